The zero-order valence-corrected chi connectivity index (χ0v) is 10.8. The summed E-state index contributed by atoms with van der Waals surface area (Å²) in [5, 5.41) is 19.1. The molecule has 2 heterocycles. The van der Waals surface area contributed by atoms with Gasteiger partial charge >= 0.3 is 0 Å². The molecular formula is C12H8ClN5O2. The van der Waals surface area contributed by atoms with Gasteiger partial charge in [0.1, 0.15) is 0 Å². The van der Waals surface area contributed by atoms with Gasteiger partial charge in [0.2, 0.25) is 0 Å². The summed E-state index contributed by atoms with van der Waals surface area (Å²) in [5.74, 6) is 0.518. The number of hydrogen-bond donors (Lipinski definition) is 1. The van der Waals surface area contributed by atoms with Gasteiger partial charge in [-0.3, -0.25) is 14.5 Å². The lowest BCUT2D eigenvalue weighted by Gasteiger charge is -2.02. The van der Waals surface area contributed by atoms with Crippen molar-refractivity contribution < 1.29 is 4.92 Å². The van der Waals surface area contributed by atoms with Crippen molar-refractivity contribution in [2.45, 2.75) is 0 Å². The van der Waals surface area contributed by atoms with Crippen LogP contribution in [0.25, 0.3) is 17.0 Å². The van der Waals surface area contributed by atoms with E-state index in [0.29, 0.717) is 27.7 Å². The van der Waals surface area contributed by atoms with Crippen molar-refractivity contribution in [2.75, 3.05) is 5.73 Å². The van der Waals surface area contributed by atoms with Crippen LogP contribution in [0.4, 0.5) is 11.4 Å². The van der Waals surface area contributed by atoms with Crippen LogP contribution in [-0.4, -0.2) is 19.5 Å². The maximum atomic E-state index is 10.6. The SMILES string of the molecule is Nc1cc(Cl)cn2c(-c3ccc([N+](=O)[O-])cc3)nnc12. The highest BCUT2D eigenvalue weighted by Gasteiger charge is 2.12. The van der Waals surface area contributed by atoms with E-state index in [2.05, 4.69) is 10.2 Å². The molecule has 0 saturated carbocycles. The highest BCUT2D eigenvalue weighted by molar-refractivity contribution is 6.30. The summed E-state index contributed by atoms with van der Waals surface area (Å²) < 4.78 is 1.65. The van der Waals surface area contributed by atoms with Gasteiger partial charge in [-0.05, 0) is 18.2 Å². The summed E-state index contributed by atoms with van der Waals surface area (Å²) in [7, 11) is 0. The van der Waals surface area contributed by atoms with Crippen LogP contribution in [-0.2, 0) is 0 Å². The van der Waals surface area contributed by atoms with Gasteiger partial charge in [0.15, 0.2) is 11.5 Å². The Morgan fingerprint density at radius 1 is 1.25 bits per heavy atom. The quantitative estimate of drug-likeness (QED) is 0.577. The number of nitro benzene ring substituents is 1. The number of hydrogen-bond acceptors (Lipinski definition) is 5. The van der Waals surface area contributed by atoms with E-state index in [9.17, 15) is 10.1 Å². The minimum absolute atomic E-state index is 0.0140. The minimum Gasteiger partial charge on any atom is -0.396 e. The number of fused-ring (bicyclic) bond motifs is 1. The monoisotopic (exact) mass is 289 g/mol. The Labute approximate surface area is 117 Å². The summed E-state index contributed by atoms with van der Waals surface area (Å²) in [6, 6.07) is 7.61. The zero-order valence-electron chi connectivity index (χ0n) is 10.0. The third-order valence-corrected chi connectivity index (χ3v) is 3.04. The smallest absolute Gasteiger partial charge is 0.269 e. The average Bonchev–Trinajstić information content (AvgIpc) is 2.82. The Morgan fingerprint density at radius 3 is 2.60 bits per heavy atom. The highest BCUT2D eigenvalue weighted by Crippen LogP contribution is 2.25. The van der Waals surface area contributed by atoms with Crippen LogP contribution in [0.2, 0.25) is 5.02 Å². The first-order chi connectivity index (χ1) is 9.56. The topological polar surface area (TPSA) is 99.3 Å². The molecule has 0 aliphatic rings. The molecule has 0 aliphatic heterocycles. The maximum absolute atomic E-state index is 10.6. The zero-order chi connectivity index (χ0) is 14.3. The van der Waals surface area contributed by atoms with Crippen LogP contribution < -0.4 is 5.73 Å². The van der Waals surface area contributed by atoms with Crippen LogP contribution in [0.1, 0.15) is 0 Å². The lowest BCUT2D eigenvalue weighted by atomic mass is 10.2. The molecule has 0 saturated heterocycles. The van der Waals surface area contributed by atoms with E-state index in [4.69, 9.17) is 17.3 Å². The Hall–Kier alpha value is -2.67. The summed E-state index contributed by atoms with van der Waals surface area (Å²) in [5.41, 5.74) is 7.42. The molecule has 2 N–H and O–H groups in total. The third-order valence-electron chi connectivity index (χ3n) is 2.84. The molecule has 2 aromatic heterocycles. The number of nitrogen functional groups attached to an aromatic ring is 1. The Kier molecular flexibility index (Phi) is 2.76. The van der Waals surface area contributed by atoms with Crippen LogP contribution >= 0.6 is 11.6 Å². The molecule has 0 atom stereocenters. The summed E-state index contributed by atoms with van der Waals surface area (Å²) >= 11 is 5.96. The number of nitrogens with two attached hydrogens (primary N) is 1. The van der Waals surface area contributed by atoms with E-state index in [1.165, 1.54) is 12.1 Å². The van der Waals surface area contributed by atoms with Crippen molar-refractivity contribution in [2.24, 2.45) is 0 Å². The third kappa shape index (κ3) is 1.94. The number of pyridine rings is 1. The van der Waals surface area contributed by atoms with Crippen molar-refractivity contribution in [1.29, 1.82) is 0 Å². The molecule has 20 heavy (non-hydrogen) atoms. The Morgan fingerprint density at radius 2 is 1.95 bits per heavy atom. The first-order valence-electron chi connectivity index (χ1n) is 5.61. The number of rotatable bonds is 2. The van der Waals surface area contributed by atoms with Gasteiger partial charge in [-0.25, -0.2) is 0 Å². The average molecular weight is 290 g/mol. The molecule has 0 amide bonds. The maximum Gasteiger partial charge on any atom is 0.269 e. The minimum atomic E-state index is -0.458. The molecule has 0 bridgehead atoms. The molecule has 0 spiro atoms. The second kappa shape index (κ2) is 4.46. The fourth-order valence-electron chi connectivity index (χ4n) is 1.91. The number of aromatic nitrogens is 3. The van der Waals surface area contributed by atoms with Gasteiger partial charge < -0.3 is 5.73 Å². The summed E-state index contributed by atoms with van der Waals surface area (Å²) in [6.45, 7) is 0. The molecule has 3 rings (SSSR count). The Bertz CT molecular complexity index is 813. The number of anilines is 1. The van der Waals surface area contributed by atoms with Gasteiger partial charge in [0.05, 0.1) is 15.6 Å². The molecule has 0 fully saturated rings. The van der Waals surface area contributed by atoms with Gasteiger partial charge in [-0.15, -0.1) is 10.2 Å². The van der Waals surface area contributed by atoms with E-state index < -0.39 is 4.92 Å². The van der Waals surface area contributed by atoms with Crippen LogP contribution in [0.5, 0.6) is 0 Å². The number of nitrogens with zero attached hydrogens (tertiary/aromatic N) is 4. The lowest BCUT2D eigenvalue weighted by molar-refractivity contribution is -0.384. The Balaban J connectivity index is 2.17. The van der Waals surface area contributed by atoms with E-state index >= 15 is 0 Å². The molecule has 8 heteroatoms. The van der Waals surface area contributed by atoms with E-state index in [0.717, 1.165) is 0 Å². The molecule has 1 aromatic carbocycles. The van der Waals surface area contributed by atoms with Gasteiger partial charge in [0, 0.05) is 23.9 Å². The highest BCUT2D eigenvalue weighted by atomic mass is 35.5. The van der Waals surface area contributed by atoms with E-state index in [1.54, 1.807) is 28.8 Å². The van der Waals surface area contributed by atoms with Gasteiger partial charge in [0.25, 0.3) is 5.69 Å². The summed E-state index contributed by atoms with van der Waals surface area (Å²) in [4.78, 5) is 10.2. The van der Waals surface area contributed by atoms with Crippen LogP contribution in [0.3, 0.4) is 0 Å². The normalized spacial score (nSPS) is 10.8. The molecule has 100 valence electrons. The van der Waals surface area contributed by atoms with E-state index in [1.807, 2.05) is 0 Å². The standard InChI is InChI=1S/C12H8ClN5O2/c13-8-5-10(14)12-16-15-11(17(12)6-8)7-1-3-9(4-2-7)18(19)20/h1-6H,14H2. The van der Waals surface area contributed by atoms with Gasteiger partial charge in [-0.1, -0.05) is 11.6 Å². The first-order valence-corrected chi connectivity index (χ1v) is 5.98. The molecule has 0 unspecified atom stereocenters. The number of nitro groups is 1. The molecule has 3 aromatic rings. The molecular weight excluding hydrogens is 282 g/mol. The fourth-order valence-corrected chi connectivity index (χ4v) is 2.13. The lowest BCUT2D eigenvalue weighted by Crippen LogP contribution is -1.94. The number of halogens is 1. The van der Waals surface area contributed by atoms with Crippen molar-refractivity contribution in [3.8, 4) is 11.4 Å². The first kappa shape index (κ1) is 12.4. The number of non-ortho nitro benzene ring substituents is 1. The molecule has 0 aliphatic carbocycles. The largest absolute Gasteiger partial charge is 0.396 e. The van der Waals surface area contributed by atoms with Crippen molar-refractivity contribution in [3.05, 3.63) is 51.7 Å². The van der Waals surface area contributed by atoms with Crippen molar-refractivity contribution in [1.82, 2.24) is 14.6 Å². The molecule has 7 nitrogen and oxygen atoms in total. The molecule has 0 radical (unpaired) electrons. The van der Waals surface area contributed by atoms with Crippen molar-refractivity contribution >= 4 is 28.6 Å². The van der Waals surface area contributed by atoms with Crippen LogP contribution in [0, 0.1) is 10.1 Å². The van der Waals surface area contributed by atoms with Gasteiger partial charge in [-0.2, -0.15) is 0 Å². The van der Waals surface area contributed by atoms with Crippen LogP contribution in [0.15, 0.2) is 36.5 Å². The predicted molar refractivity (Wildman–Crippen MR) is 74.5 cm³/mol. The fraction of sp³-hybridized carbons (Fsp3) is 0. The summed E-state index contributed by atoms with van der Waals surface area (Å²) in [6.07, 6.45) is 1.64. The van der Waals surface area contributed by atoms with Crippen molar-refractivity contribution in [3.63, 3.8) is 0 Å². The number of benzene rings is 1. The second-order valence-corrected chi connectivity index (χ2v) is 4.57. The predicted octanol–water partition coefficient (Wildman–Crippen LogP) is 2.54. The second-order valence-electron chi connectivity index (χ2n) is 4.13. The van der Waals surface area contributed by atoms with E-state index in [-0.39, 0.29) is 5.69 Å².